The van der Waals surface area contributed by atoms with Crippen molar-refractivity contribution >= 4 is 44.4 Å². The molecule has 0 bridgehead atoms. The molecule has 0 unspecified atom stereocenters. The zero-order chi connectivity index (χ0) is 21.6. The minimum absolute atomic E-state index is 0.0635. The summed E-state index contributed by atoms with van der Waals surface area (Å²) >= 11 is 3.62. The Morgan fingerprint density at radius 1 is 0.871 bits per heavy atom. The van der Waals surface area contributed by atoms with E-state index in [0.29, 0.717) is 12.1 Å². The van der Waals surface area contributed by atoms with Gasteiger partial charge in [0.05, 0.1) is 0 Å². The van der Waals surface area contributed by atoms with E-state index in [-0.39, 0.29) is 5.57 Å². The predicted molar refractivity (Wildman–Crippen MR) is 130 cm³/mol. The minimum atomic E-state index is -0.423. The maximum absolute atomic E-state index is 12.8. The van der Waals surface area contributed by atoms with E-state index in [1.165, 1.54) is 0 Å². The molecular formula is C27H19BrN2O. The molecule has 0 aliphatic carbocycles. The number of rotatable bonds is 5. The van der Waals surface area contributed by atoms with Crippen LogP contribution < -0.4 is 5.32 Å². The summed E-state index contributed by atoms with van der Waals surface area (Å²) in [6.45, 7) is 0. The van der Waals surface area contributed by atoms with Crippen LogP contribution in [0.25, 0.3) is 16.8 Å². The molecular weight excluding hydrogens is 448 g/mol. The Bertz CT molecular complexity index is 1320. The lowest BCUT2D eigenvalue weighted by Gasteiger charge is -2.12. The van der Waals surface area contributed by atoms with Gasteiger partial charge in [0.1, 0.15) is 11.6 Å². The van der Waals surface area contributed by atoms with Gasteiger partial charge >= 0.3 is 0 Å². The summed E-state index contributed by atoms with van der Waals surface area (Å²) in [6, 6.07) is 31.4. The Hall–Kier alpha value is -3.68. The van der Waals surface area contributed by atoms with Crippen molar-refractivity contribution in [2.75, 3.05) is 5.32 Å². The van der Waals surface area contributed by atoms with Crippen LogP contribution in [0.1, 0.15) is 16.7 Å². The van der Waals surface area contributed by atoms with Crippen LogP contribution in [-0.4, -0.2) is 5.91 Å². The van der Waals surface area contributed by atoms with Gasteiger partial charge in [-0.05, 0) is 58.2 Å². The number of halogens is 1. The second-order valence-electron chi connectivity index (χ2n) is 7.12. The average molecular weight is 467 g/mol. The summed E-state index contributed by atoms with van der Waals surface area (Å²) in [4.78, 5) is 12.8. The first kappa shape index (κ1) is 20.6. The first-order valence-corrected chi connectivity index (χ1v) is 10.7. The van der Waals surface area contributed by atoms with Crippen molar-refractivity contribution < 1.29 is 4.79 Å². The third-order valence-corrected chi connectivity index (χ3v) is 5.86. The number of carbonyl (C=O) groups is 1. The van der Waals surface area contributed by atoms with Gasteiger partial charge in [0.15, 0.2) is 0 Å². The molecule has 4 aromatic carbocycles. The van der Waals surface area contributed by atoms with Crippen LogP contribution in [-0.2, 0) is 11.2 Å². The van der Waals surface area contributed by atoms with Crippen molar-refractivity contribution in [3.8, 4) is 6.07 Å². The Kier molecular flexibility index (Phi) is 6.26. The molecule has 4 heteroatoms. The van der Waals surface area contributed by atoms with Gasteiger partial charge in [-0.2, -0.15) is 5.26 Å². The number of nitrogens with zero attached hydrogens (tertiary/aromatic N) is 1. The van der Waals surface area contributed by atoms with Gasteiger partial charge in [-0.3, -0.25) is 4.79 Å². The van der Waals surface area contributed by atoms with E-state index in [2.05, 4.69) is 45.5 Å². The van der Waals surface area contributed by atoms with Gasteiger partial charge in [-0.1, -0.05) is 88.7 Å². The lowest BCUT2D eigenvalue weighted by Crippen LogP contribution is -2.13. The molecule has 4 rings (SSSR count). The molecule has 0 saturated heterocycles. The molecule has 4 aromatic rings. The highest BCUT2D eigenvalue weighted by Crippen LogP contribution is 2.29. The normalized spacial score (nSPS) is 11.2. The van der Waals surface area contributed by atoms with Crippen LogP contribution in [0.4, 0.5) is 5.69 Å². The molecule has 0 fully saturated rings. The molecule has 0 atom stereocenters. The first-order chi connectivity index (χ1) is 15.2. The number of hydrogen-bond donors (Lipinski definition) is 1. The van der Waals surface area contributed by atoms with E-state index in [1.54, 1.807) is 18.2 Å². The quantitative estimate of drug-likeness (QED) is 0.261. The molecule has 1 N–H and O–H groups in total. The number of amides is 1. The monoisotopic (exact) mass is 466 g/mol. The summed E-state index contributed by atoms with van der Waals surface area (Å²) in [5.74, 6) is -0.423. The number of hydrogen-bond acceptors (Lipinski definition) is 2. The second-order valence-corrected chi connectivity index (χ2v) is 7.97. The van der Waals surface area contributed by atoms with Crippen LogP contribution in [0.15, 0.2) is 101 Å². The molecule has 31 heavy (non-hydrogen) atoms. The van der Waals surface area contributed by atoms with Gasteiger partial charge in [0.2, 0.25) is 0 Å². The molecule has 0 spiro atoms. The highest BCUT2D eigenvalue weighted by Gasteiger charge is 2.14. The van der Waals surface area contributed by atoms with Gasteiger partial charge in [-0.25, -0.2) is 0 Å². The number of anilines is 1. The van der Waals surface area contributed by atoms with Crippen molar-refractivity contribution in [3.05, 3.63) is 118 Å². The van der Waals surface area contributed by atoms with E-state index in [9.17, 15) is 10.1 Å². The Labute approximate surface area is 189 Å². The number of para-hydroxylation sites is 1. The van der Waals surface area contributed by atoms with Crippen molar-refractivity contribution in [1.82, 2.24) is 0 Å². The predicted octanol–water partition coefficient (Wildman–Crippen LogP) is 6.74. The van der Waals surface area contributed by atoms with Gasteiger partial charge in [-0.15, -0.1) is 0 Å². The number of nitrogens with one attached hydrogen (secondary N) is 1. The van der Waals surface area contributed by atoms with Crippen LogP contribution in [0.5, 0.6) is 0 Å². The van der Waals surface area contributed by atoms with Crippen LogP contribution >= 0.6 is 15.9 Å². The molecule has 150 valence electrons. The summed E-state index contributed by atoms with van der Waals surface area (Å²) in [5.41, 5.74) is 3.78. The molecule has 0 aliphatic heterocycles. The fraction of sp³-hybridized carbons (Fsp3) is 0.0370. The number of fused-ring (bicyclic) bond motifs is 1. The lowest BCUT2D eigenvalue weighted by atomic mass is 9.93. The van der Waals surface area contributed by atoms with E-state index < -0.39 is 5.91 Å². The molecule has 0 aromatic heterocycles. The number of carbonyl (C=O) groups excluding carboxylic acids is 1. The summed E-state index contributed by atoms with van der Waals surface area (Å²) in [6.07, 6.45) is 2.38. The van der Waals surface area contributed by atoms with Crippen molar-refractivity contribution in [1.29, 1.82) is 5.26 Å². The fourth-order valence-corrected chi connectivity index (χ4v) is 3.95. The standard InChI is InChI=1S/C27H19BrN2O/c28-26-13-7-5-9-21(26)16-20-15-14-19-8-4-6-12-24(19)25(20)17-22(18-29)27(31)30-23-10-2-1-3-11-23/h1-15,17H,16H2,(H,30,31)/b22-17+. The second kappa shape index (κ2) is 9.42. The zero-order valence-electron chi connectivity index (χ0n) is 16.7. The largest absolute Gasteiger partial charge is 0.321 e. The van der Waals surface area contributed by atoms with E-state index in [1.807, 2.05) is 60.7 Å². The Morgan fingerprint density at radius 2 is 1.58 bits per heavy atom. The molecule has 1 amide bonds. The number of benzene rings is 4. The van der Waals surface area contributed by atoms with Gasteiger partial charge in [0, 0.05) is 10.2 Å². The Morgan fingerprint density at radius 3 is 2.35 bits per heavy atom. The Balaban J connectivity index is 1.79. The summed E-state index contributed by atoms with van der Waals surface area (Å²) in [5, 5.41) is 14.6. The number of nitriles is 1. The molecule has 0 radical (unpaired) electrons. The smallest absolute Gasteiger partial charge is 0.266 e. The molecule has 0 heterocycles. The van der Waals surface area contributed by atoms with Crippen molar-refractivity contribution in [2.24, 2.45) is 0 Å². The van der Waals surface area contributed by atoms with E-state index >= 15 is 0 Å². The van der Waals surface area contributed by atoms with Crippen molar-refractivity contribution in [2.45, 2.75) is 6.42 Å². The highest BCUT2D eigenvalue weighted by atomic mass is 79.9. The first-order valence-electron chi connectivity index (χ1n) is 9.88. The maximum atomic E-state index is 12.8. The van der Waals surface area contributed by atoms with Crippen LogP contribution in [0.3, 0.4) is 0 Å². The zero-order valence-corrected chi connectivity index (χ0v) is 18.3. The summed E-state index contributed by atoms with van der Waals surface area (Å²) in [7, 11) is 0. The van der Waals surface area contributed by atoms with E-state index in [0.717, 1.165) is 31.9 Å². The maximum Gasteiger partial charge on any atom is 0.266 e. The molecule has 3 nitrogen and oxygen atoms in total. The van der Waals surface area contributed by atoms with Gasteiger partial charge in [0.25, 0.3) is 5.91 Å². The summed E-state index contributed by atoms with van der Waals surface area (Å²) < 4.78 is 1.03. The third kappa shape index (κ3) is 4.74. The topological polar surface area (TPSA) is 52.9 Å². The van der Waals surface area contributed by atoms with Crippen LogP contribution in [0.2, 0.25) is 0 Å². The highest BCUT2D eigenvalue weighted by molar-refractivity contribution is 9.10. The molecule has 0 saturated carbocycles. The third-order valence-electron chi connectivity index (χ3n) is 5.09. The lowest BCUT2D eigenvalue weighted by molar-refractivity contribution is -0.112. The van der Waals surface area contributed by atoms with E-state index in [4.69, 9.17) is 0 Å². The SMILES string of the molecule is N#C/C(=C\c1c(Cc2ccccc2Br)ccc2ccccc12)C(=O)Nc1ccccc1. The average Bonchev–Trinajstić information content (AvgIpc) is 2.80. The minimum Gasteiger partial charge on any atom is -0.321 e. The van der Waals surface area contributed by atoms with Crippen molar-refractivity contribution in [3.63, 3.8) is 0 Å². The van der Waals surface area contributed by atoms with Gasteiger partial charge < -0.3 is 5.32 Å². The molecule has 0 aliphatic rings. The fourth-order valence-electron chi connectivity index (χ4n) is 3.53. The van der Waals surface area contributed by atoms with Crippen LogP contribution in [0, 0.1) is 11.3 Å².